The number of aliphatic hydroxyl groups excluding tert-OH is 1. The van der Waals surface area contributed by atoms with Gasteiger partial charge in [-0.2, -0.15) is 4.31 Å². The SMILES string of the molecule is CC(C)CN(C[C@@H](O)[C@H](Cc1ccccc1)NC(=O)O[C@@H]1C[C@@H]2[C@H]3OCC[C@H]3O[C@@H]2C1)S(=O)(=O)c1ccc(N)cc1. The number of hydrogen-bond acceptors (Lipinski definition) is 8. The van der Waals surface area contributed by atoms with E-state index < -0.39 is 28.3 Å². The molecule has 5 rings (SSSR count). The Kier molecular flexibility index (Phi) is 9.20. The first kappa shape index (κ1) is 29.8. The normalized spacial score (nSPS) is 27.0. The van der Waals surface area contributed by atoms with Crippen LogP contribution in [-0.4, -0.2) is 80.2 Å². The molecule has 0 aromatic heterocycles. The van der Waals surface area contributed by atoms with Crippen molar-refractivity contribution in [2.75, 3.05) is 25.4 Å². The number of benzene rings is 2. The molecule has 3 fully saturated rings. The summed E-state index contributed by atoms with van der Waals surface area (Å²) in [5.41, 5.74) is 7.11. The summed E-state index contributed by atoms with van der Waals surface area (Å²) in [5.74, 6) is 0.220. The average Bonchev–Trinajstić information content (AvgIpc) is 3.61. The summed E-state index contributed by atoms with van der Waals surface area (Å²) in [6.07, 6.45) is 0.568. The van der Waals surface area contributed by atoms with Gasteiger partial charge in [0.25, 0.3) is 0 Å². The Bertz CT molecular complexity index is 1270. The van der Waals surface area contributed by atoms with E-state index in [4.69, 9.17) is 19.9 Å². The maximum Gasteiger partial charge on any atom is 0.407 e. The van der Waals surface area contributed by atoms with E-state index in [1.54, 1.807) is 0 Å². The standard InChI is InChI=1S/C30H41N3O7S/c1-19(2)17-33(41(36,37)23-10-8-21(31)9-11-23)18-26(34)25(14-20-6-4-3-5-7-20)32-30(35)39-22-15-24-28(16-22)40-27-12-13-38-29(24)27/h3-11,19,22,24-29,34H,12-18,31H2,1-2H3,(H,32,35)/t22-,24+,25+,26-,27-,28-,29-/m1/s1. The lowest BCUT2D eigenvalue weighted by molar-refractivity contribution is 0.0147. The van der Waals surface area contributed by atoms with Crippen LogP contribution in [0.1, 0.15) is 38.7 Å². The molecule has 1 saturated carbocycles. The maximum atomic E-state index is 13.6. The van der Waals surface area contributed by atoms with Gasteiger partial charge >= 0.3 is 6.09 Å². The van der Waals surface area contributed by atoms with E-state index in [1.807, 2.05) is 44.2 Å². The molecule has 4 N–H and O–H groups in total. The number of sulfonamides is 1. The topological polar surface area (TPSA) is 140 Å². The number of nitrogens with two attached hydrogens (primary N) is 1. The number of rotatable bonds is 11. The summed E-state index contributed by atoms with van der Waals surface area (Å²) < 4.78 is 46.2. The highest BCUT2D eigenvalue weighted by Crippen LogP contribution is 2.45. The van der Waals surface area contributed by atoms with Crippen molar-refractivity contribution in [3.05, 3.63) is 60.2 Å². The lowest BCUT2D eigenvalue weighted by Crippen LogP contribution is -2.51. The highest BCUT2D eigenvalue weighted by atomic mass is 32.2. The van der Waals surface area contributed by atoms with Crippen LogP contribution in [0.3, 0.4) is 0 Å². The van der Waals surface area contributed by atoms with Gasteiger partial charge in [0.05, 0.1) is 35.4 Å². The van der Waals surface area contributed by atoms with Gasteiger partial charge in [0, 0.05) is 37.7 Å². The van der Waals surface area contributed by atoms with Crippen molar-refractivity contribution in [3.8, 4) is 0 Å². The van der Waals surface area contributed by atoms with Crippen molar-refractivity contribution in [2.45, 2.75) is 81.0 Å². The van der Waals surface area contributed by atoms with Crippen molar-refractivity contribution in [3.63, 3.8) is 0 Å². The van der Waals surface area contributed by atoms with Gasteiger partial charge in [-0.15, -0.1) is 0 Å². The number of nitrogens with one attached hydrogen (secondary N) is 1. The van der Waals surface area contributed by atoms with Gasteiger partial charge in [-0.1, -0.05) is 44.2 Å². The molecule has 7 atom stereocenters. The van der Waals surface area contributed by atoms with Gasteiger partial charge in [0.2, 0.25) is 10.0 Å². The number of nitrogens with zero attached hydrogens (tertiary/aromatic N) is 1. The third-order valence-electron chi connectivity index (χ3n) is 8.18. The summed E-state index contributed by atoms with van der Waals surface area (Å²) in [6.45, 7) is 4.51. The van der Waals surface area contributed by atoms with Crippen molar-refractivity contribution in [1.29, 1.82) is 0 Å². The number of hydrogen-bond donors (Lipinski definition) is 3. The first-order valence-electron chi connectivity index (χ1n) is 14.4. The molecule has 224 valence electrons. The van der Waals surface area contributed by atoms with Crippen molar-refractivity contribution >= 4 is 21.8 Å². The zero-order valence-corrected chi connectivity index (χ0v) is 24.4. The molecule has 11 heteroatoms. The third-order valence-corrected chi connectivity index (χ3v) is 10.0. The number of ether oxygens (including phenoxy) is 3. The monoisotopic (exact) mass is 587 g/mol. The summed E-state index contributed by atoms with van der Waals surface area (Å²) in [6, 6.07) is 14.6. The Morgan fingerprint density at radius 3 is 2.54 bits per heavy atom. The van der Waals surface area contributed by atoms with Crippen LogP contribution >= 0.6 is 0 Å². The Labute approximate surface area is 242 Å². The first-order chi connectivity index (χ1) is 19.6. The first-order valence-corrected chi connectivity index (χ1v) is 15.9. The second-order valence-corrected chi connectivity index (χ2v) is 13.7. The quantitative estimate of drug-likeness (QED) is 0.341. The molecule has 10 nitrogen and oxygen atoms in total. The van der Waals surface area contributed by atoms with Gasteiger partial charge in [0.15, 0.2) is 0 Å². The highest BCUT2D eigenvalue weighted by Gasteiger charge is 2.53. The van der Waals surface area contributed by atoms with E-state index in [9.17, 15) is 18.3 Å². The molecule has 2 aliphatic heterocycles. The Morgan fingerprint density at radius 1 is 1.10 bits per heavy atom. The van der Waals surface area contributed by atoms with Crippen LogP contribution in [-0.2, 0) is 30.7 Å². The summed E-state index contributed by atoms with van der Waals surface area (Å²) >= 11 is 0. The summed E-state index contributed by atoms with van der Waals surface area (Å²) in [7, 11) is -3.93. The number of carbonyl (C=O) groups excluding carboxylic acids is 1. The van der Waals surface area contributed by atoms with Gasteiger partial charge in [-0.05, 0) is 55.0 Å². The van der Waals surface area contributed by atoms with Crippen molar-refractivity contribution in [1.82, 2.24) is 9.62 Å². The fraction of sp³-hybridized carbons (Fsp3) is 0.567. The smallest absolute Gasteiger partial charge is 0.407 e. The number of aliphatic hydroxyl groups is 1. The lowest BCUT2D eigenvalue weighted by atomic mass is 9.98. The van der Waals surface area contributed by atoms with Gasteiger partial charge in [-0.25, -0.2) is 13.2 Å². The van der Waals surface area contributed by atoms with E-state index in [1.165, 1.54) is 28.6 Å². The van der Waals surface area contributed by atoms with Crippen LogP contribution in [0.25, 0.3) is 0 Å². The molecule has 0 radical (unpaired) electrons. The molecule has 1 aliphatic carbocycles. The third kappa shape index (κ3) is 7.03. The predicted molar refractivity (Wildman–Crippen MR) is 154 cm³/mol. The largest absolute Gasteiger partial charge is 0.446 e. The van der Waals surface area contributed by atoms with E-state index in [-0.39, 0.29) is 54.2 Å². The van der Waals surface area contributed by atoms with Gasteiger partial charge in [-0.3, -0.25) is 0 Å². The van der Waals surface area contributed by atoms with Crippen LogP contribution < -0.4 is 11.1 Å². The maximum absolute atomic E-state index is 13.6. The number of fused-ring (bicyclic) bond motifs is 3. The molecule has 2 aromatic rings. The Hall–Kier alpha value is -2.70. The van der Waals surface area contributed by atoms with E-state index in [0.717, 1.165) is 12.0 Å². The van der Waals surface area contributed by atoms with Crippen molar-refractivity contribution in [2.24, 2.45) is 11.8 Å². The molecule has 1 amide bonds. The molecule has 2 heterocycles. The fourth-order valence-corrected chi connectivity index (χ4v) is 7.86. The van der Waals surface area contributed by atoms with E-state index >= 15 is 0 Å². The van der Waals surface area contributed by atoms with E-state index in [0.29, 0.717) is 31.6 Å². The molecular formula is C30H41N3O7S. The minimum atomic E-state index is -3.93. The molecular weight excluding hydrogens is 546 g/mol. The molecule has 0 spiro atoms. The zero-order valence-electron chi connectivity index (χ0n) is 23.6. The van der Waals surface area contributed by atoms with Gasteiger partial charge < -0.3 is 30.4 Å². The molecule has 41 heavy (non-hydrogen) atoms. The molecule has 0 bridgehead atoms. The summed E-state index contributed by atoms with van der Waals surface area (Å²) in [5, 5.41) is 14.3. The molecule has 3 aliphatic rings. The van der Waals surface area contributed by atoms with Crippen LogP contribution in [0.5, 0.6) is 0 Å². The van der Waals surface area contributed by atoms with Crippen LogP contribution in [0.2, 0.25) is 0 Å². The average molecular weight is 588 g/mol. The lowest BCUT2D eigenvalue weighted by Gasteiger charge is -2.31. The van der Waals surface area contributed by atoms with E-state index in [2.05, 4.69) is 5.32 Å². The predicted octanol–water partition coefficient (Wildman–Crippen LogP) is 2.95. The zero-order chi connectivity index (χ0) is 29.1. The summed E-state index contributed by atoms with van der Waals surface area (Å²) in [4.78, 5) is 13.2. The van der Waals surface area contributed by atoms with Crippen LogP contribution in [0.15, 0.2) is 59.5 Å². The number of carbonyl (C=O) groups is 1. The Morgan fingerprint density at radius 2 is 1.83 bits per heavy atom. The minimum absolute atomic E-state index is 0.00346. The minimum Gasteiger partial charge on any atom is -0.446 e. The molecule has 2 aromatic carbocycles. The second kappa shape index (κ2) is 12.7. The number of anilines is 1. The number of nitrogen functional groups attached to an aromatic ring is 1. The van der Waals surface area contributed by atoms with Crippen LogP contribution in [0, 0.1) is 11.8 Å². The van der Waals surface area contributed by atoms with Crippen molar-refractivity contribution < 1.29 is 32.5 Å². The second-order valence-electron chi connectivity index (χ2n) is 11.8. The number of alkyl carbamates (subject to hydrolysis) is 1. The molecule has 0 unspecified atom stereocenters. The fourth-order valence-electron chi connectivity index (χ4n) is 6.24. The number of amides is 1. The van der Waals surface area contributed by atoms with Gasteiger partial charge in [0.1, 0.15) is 6.10 Å². The Balaban J connectivity index is 1.28. The van der Waals surface area contributed by atoms with Crippen LogP contribution in [0.4, 0.5) is 10.5 Å². The molecule has 2 saturated heterocycles. The highest BCUT2D eigenvalue weighted by molar-refractivity contribution is 7.89.